The van der Waals surface area contributed by atoms with Gasteiger partial charge >= 0.3 is 6.03 Å². The van der Waals surface area contributed by atoms with Crippen LogP contribution in [0.3, 0.4) is 0 Å². The van der Waals surface area contributed by atoms with E-state index in [-0.39, 0.29) is 6.03 Å². The maximum atomic E-state index is 12.4. The van der Waals surface area contributed by atoms with Gasteiger partial charge in [0.15, 0.2) is 0 Å². The first kappa shape index (κ1) is 18.9. The van der Waals surface area contributed by atoms with Crippen LogP contribution in [-0.4, -0.2) is 57.9 Å². The molecule has 2 amide bonds. The molecule has 2 aromatic carbocycles. The van der Waals surface area contributed by atoms with Gasteiger partial charge in [-0.15, -0.1) is 0 Å². The molecule has 0 bridgehead atoms. The fourth-order valence-electron chi connectivity index (χ4n) is 3.21. The highest BCUT2D eigenvalue weighted by Gasteiger charge is 2.21. The lowest BCUT2D eigenvalue weighted by atomic mass is 10.1. The molecule has 0 unspecified atom stereocenters. The SMILES string of the molecule is COc1ccc(N2CCN(C(=O)NCCc3cccc(OC)c3)CC2)cc1. The summed E-state index contributed by atoms with van der Waals surface area (Å²) in [4.78, 5) is 16.6. The highest BCUT2D eigenvalue weighted by atomic mass is 16.5. The predicted octanol–water partition coefficient (Wildman–Crippen LogP) is 2.78. The number of nitrogens with zero attached hydrogens (tertiary/aromatic N) is 2. The third kappa shape index (κ3) is 5.06. The molecule has 1 heterocycles. The quantitative estimate of drug-likeness (QED) is 0.851. The van der Waals surface area contributed by atoms with Gasteiger partial charge in [-0.1, -0.05) is 12.1 Å². The molecule has 1 fully saturated rings. The third-order valence-electron chi connectivity index (χ3n) is 4.83. The molecule has 1 saturated heterocycles. The number of hydrogen-bond donors (Lipinski definition) is 1. The first-order chi connectivity index (χ1) is 13.2. The summed E-state index contributed by atoms with van der Waals surface area (Å²) in [5, 5.41) is 3.02. The Hall–Kier alpha value is -2.89. The lowest BCUT2D eigenvalue weighted by molar-refractivity contribution is 0.194. The van der Waals surface area contributed by atoms with Crippen molar-refractivity contribution in [3.63, 3.8) is 0 Å². The molecule has 1 N–H and O–H groups in total. The van der Waals surface area contributed by atoms with Gasteiger partial charge in [0, 0.05) is 38.4 Å². The Kier molecular flexibility index (Phi) is 6.41. The van der Waals surface area contributed by atoms with E-state index in [2.05, 4.69) is 22.3 Å². The zero-order valence-electron chi connectivity index (χ0n) is 16.0. The van der Waals surface area contributed by atoms with E-state index < -0.39 is 0 Å². The molecule has 0 aromatic heterocycles. The molecule has 3 rings (SSSR count). The zero-order chi connectivity index (χ0) is 19.1. The normalized spacial score (nSPS) is 14.0. The van der Waals surface area contributed by atoms with Crippen molar-refractivity contribution in [3.8, 4) is 11.5 Å². The Morgan fingerprint density at radius 2 is 1.67 bits per heavy atom. The van der Waals surface area contributed by atoms with Gasteiger partial charge in [-0.05, 0) is 48.4 Å². The first-order valence-electron chi connectivity index (χ1n) is 9.24. The highest BCUT2D eigenvalue weighted by molar-refractivity contribution is 5.74. The Labute approximate surface area is 160 Å². The highest BCUT2D eigenvalue weighted by Crippen LogP contribution is 2.20. The number of methoxy groups -OCH3 is 2. The molecule has 0 saturated carbocycles. The van der Waals surface area contributed by atoms with Crippen LogP contribution in [0.1, 0.15) is 5.56 Å². The van der Waals surface area contributed by atoms with Crippen molar-refractivity contribution in [2.45, 2.75) is 6.42 Å². The molecule has 0 spiro atoms. The number of piperazine rings is 1. The minimum Gasteiger partial charge on any atom is -0.497 e. The summed E-state index contributed by atoms with van der Waals surface area (Å²) in [5.74, 6) is 1.70. The van der Waals surface area contributed by atoms with Gasteiger partial charge in [-0.25, -0.2) is 4.79 Å². The van der Waals surface area contributed by atoms with Crippen LogP contribution < -0.4 is 19.7 Å². The molecule has 0 radical (unpaired) electrons. The van der Waals surface area contributed by atoms with Crippen molar-refractivity contribution in [2.75, 3.05) is 51.8 Å². The van der Waals surface area contributed by atoms with Crippen LogP contribution in [0.4, 0.5) is 10.5 Å². The van der Waals surface area contributed by atoms with E-state index in [1.54, 1.807) is 14.2 Å². The Morgan fingerprint density at radius 3 is 2.33 bits per heavy atom. The topological polar surface area (TPSA) is 54.0 Å². The van der Waals surface area contributed by atoms with Crippen LogP contribution in [0.5, 0.6) is 11.5 Å². The molecular formula is C21H27N3O3. The second-order valence-corrected chi connectivity index (χ2v) is 6.51. The van der Waals surface area contributed by atoms with E-state index in [0.717, 1.165) is 55.3 Å². The van der Waals surface area contributed by atoms with Crippen LogP contribution in [-0.2, 0) is 6.42 Å². The summed E-state index contributed by atoms with van der Waals surface area (Å²) in [6, 6.07) is 16.0. The monoisotopic (exact) mass is 369 g/mol. The molecular weight excluding hydrogens is 342 g/mol. The summed E-state index contributed by atoms with van der Waals surface area (Å²) in [6.07, 6.45) is 0.786. The molecule has 27 heavy (non-hydrogen) atoms. The fraction of sp³-hybridized carbons (Fsp3) is 0.381. The maximum absolute atomic E-state index is 12.4. The fourth-order valence-corrected chi connectivity index (χ4v) is 3.21. The summed E-state index contributed by atoms with van der Waals surface area (Å²) in [7, 11) is 3.33. The van der Waals surface area contributed by atoms with E-state index in [1.165, 1.54) is 0 Å². The van der Waals surface area contributed by atoms with Crippen LogP contribution in [0.25, 0.3) is 0 Å². The largest absolute Gasteiger partial charge is 0.497 e. The number of rotatable bonds is 6. The lowest BCUT2D eigenvalue weighted by Crippen LogP contribution is -2.52. The molecule has 6 heteroatoms. The Morgan fingerprint density at radius 1 is 0.963 bits per heavy atom. The summed E-state index contributed by atoms with van der Waals surface area (Å²) < 4.78 is 10.4. The average Bonchev–Trinajstić information content (AvgIpc) is 2.74. The number of benzene rings is 2. The number of hydrogen-bond acceptors (Lipinski definition) is 4. The number of anilines is 1. The van der Waals surface area contributed by atoms with Crippen molar-refractivity contribution in [1.82, 2.24) is 10.2 Å². The van der Waals surface area contributed by atoms with Crippen LogP contribution in [0.2, 0.25) is 0 Å². The molecule has 6 nitrogen and oxygen atoms in total. The van der Waals surface area contributed by atoms with Gasteiger partial charge in [0.2, 0.25) is 0 Å². The smallest absolute Gasteiger partial charge is 0.317 e. The third-order valence-corrected chi connectivity index (χ3v) is 4.83. The van der Waals surface area contributed by atoms with E-state index in [4.69, 9.17) is 9.47 Å². The second kappa shape index (κ2) is 9.16. The van der Waals surface area contributed by atoms with Crippen molar-refractivity contribution in [2.24, 2.45) is 0 Å². The van der Waals surface area contributed by atoms with Gasteiger partial charge in [0.05, 0.1) is 14.2 Å². The molecule has 144 valence electrons. The molecule has 0 aliphatic carbocycles. The van der Waals surface area contributed by atoms with Gasteiger partial charge in [-0.2, -0.15) is 0 Å². The minimum absolute atomic E-state index is 0.00674. The molecule has 2 aromatic rings. The van der Waals surface area contributed by atoms with Crippen molar-refractivity contribution < 1.29 is 14.3 Å². The van der Waals surface area contributed by atoms with Gasteiger partial charge in [0.1, 0.15) is 11.5 Å². The summed E-state index contributed by atoms with van der Waals surface area (Å²) >= 11 is 0. The minimum atomic E-state index is 0.00674. The van der Waals surface area contributed by atoms with Crippen molar-refractivity contribution in [1.29, 1.82) is 0 Å². The van der Waals surface area contributed by atoms with Crippen LogP contribution >= 0.6 is 0 Å². The average molecular weight is 369 g/mol. The van der Waals surface area contributed by atoms with Gasteiger partial charge in [-0.3, -0.25) is 0 Å². The maximum Gasteiger partial charge on any atom is 0.317 e. The number of nitrogens with one attached hydrogen (secondary N) is 1. The second-order valence-electron chi connectivity index (χ2n) is 6.51. The first-order valence-corrected chi connectivity index (χ1v) is 9.24. The number of carbonyl (C=O) groups is 1. The Balaban J connectivity index is 1.42. The zero-order valence-corrected chi connectivity index (χ0v) is 16.0. The van der Waals surface area contributed by atoms with E-state index in [9.17, 15) is 4.79 Å². The van der Waals surface area contributed by atoms with Crippen LogP contribution in [0.15, 0.2) is 48.5 Å². The summed E-state index contributed by atoms with van der Waals surface area (Å²) in [6.45, 7) is 3.71. The number of amides is 2. The Bertz CT molecular complexity index is 741. The number of carbonyl (C=O) groups excluding carboxylic acids is 1. The number of ether oxygens (including phenoxy) is 2. The molecule has 1 aliphatic heterocycles. The van der Waals surface area contributed by atoms with Gasteiger partial charge < -0.3 is 24.6 Å². The molecule has 1 aliphatic rings. The standard InChI is InChI=1S/C21H27N3O3/c1-26-19-8-6-18(7-9-19)23-12-14-24(15-13-23)21(25)22-11-10-17-4-3-5-20(16-17)27-2/h3-9,16H,10-15H2,1-2H3,(H,22,25). The van der Waals surface area contributed by atoms with Crippen molar-refractivity contribution >= 4 is 11.7 Å². The number of urea groups is 1. The van der Waals surface area contributed by atoms with E-state index >= 15 is 0 Å². The molecule has 0 atom stereocenters. The predicted molar refractivity (Wildman–Crippen MR) is 107 cm³/mol. The summed E-state index contributed by atoms with van der Waals surface area (Å²) in [5.41, 5.74) is 2.31. The van der Waals surface area contributed by atoms with Crippen molar-refractivity contribution in [3.05, 3.63) is 54.1 Å². The van der Waals surface area contributed by atoms with Gasteiger partial charge in [0.25, 0.3) is 0 Å². The van der Waals surface area contributed by atoms with Crippen LogP contribution in [0, 0.1) is 0 Å². The van der Waals surface area contributed by atoms with E-state index in [0.29, 0.717) is 6.54 Å². The lowest BCUT2D eigenvalue weighted by Gasteiger charge is -2.36. The van der Waals surface area contributed by atoms with E-state index in [1.807, 2.05) is 41.3 Å².